The van der Waals surface area contributed by atoms with Gasteiger partial charge in [0.25, 0.3) is 0 Å². The molecule has 22 heavy (non-hydrogen) atoms. The Morgan fingerprint density at radius 3 is 2.50 bits per heavy atom. The summed E-state index contributed by atoms with van der Waals surface area (Å²) in [5.74, 6) is 0.425. The number of ether oxygens (including phenoxy) is 1. The number of hydrogen-bond donors (Lipinski definition) is 2. The summed E-state index contributed by atoms with van der Waals surface area (Å²) in [5, 5.41) is 0. The van der Waals surface area contributed by atoms with Gasteiger partial charge in [0, 0.05) is 12.6 Å². The first-order valence-corrected chi connectivity index (χ1v) is 11.5. The Bertz CT molecular complexity index is 422. The molecule has 1 fully saturated rings. The van der Waals surface area contributed by atoms with Crippen molar-refractivity contribution < 1.29 is 18.9 Å². The van der Waals surface area contributed by atoms with Crippen LogP contribution < -0.4 is 0 Å². The van der Waals surface area contributed by atoms with E-state index in [4.69, 9.17) is 21.1 Å². The van der Waals surface area contributed by atoms with Crippen molar-refractivity contribution in [1.82, 2.24) is 4.90 Å². The summed E-state index contributed by atoms with van der Waals surface area (Å²) in [5.41, 5.74) is -3.54. The molecule has 8 heteroatoms. The minimum Gasteiger partial charge on any atom is -0.444 e. The van der Waals surface area contributed by atoms with Crippen LogP contribution in [-0.2, 0) is 21.1 Å². The molecule has 1 rings (SSSR count). The molecule has 0 saturated heterocycles. The van der Waals surface area contributed by atoms with E-state index in [1.165, 1.54) is 6.42 Å². The van der Waals surface area contributed by atoms with E-state index < -0.39 is 11.3 Å². The van der Waals surface area contributed by atoms with Crippen LogP contribution in [0.4, 0.5) is 4.79 Å². The molecule has 1 aliphatic rings. The van der Waals surface area contributed by atoms with Gasteiger partial charge in [-0.1, -0.05) is 32.0 Å². The highest BCUT2D eigenvalue weighted by atomic mass is 32.9. The second-order valence-corrected chi connectivity index (χ2v) is 12.0. The van der Waals surface area contributed by atoms with E-state index in [0.29, 0.717) is 12.5 Å². The Labute approximate surface area is 144 Å². The van der Waals surface area contributed by atoms with Gasteiger partial charge in [-0.05, 0) is 51.3 Å². The Morgan fingerprint density at radius 2 is 2.00 bits per heavy atom. The maximum atomic E-state index is 12.5. The standard InChI is InChI=1S/C14H28NO4PS2/c1-11-7-5-6-8-12(11)15(9-10-18-20(17,21)22)13(16)19-14(2,3)4/h11-12H,5-10H2,1-4H3,(H2,17,21,22). The summed E-state index contributed by atoms with van der Waals surface area (Å²) >= 11 is 8.59. The minimum absolute atomic E-state index is 0.142. The molecule has 0 aromatic heterocycles. The third-order valence-corrected chi connectivity index (χ3v) is 4.87. The fraction of sp³-hybridized carbons (Fsp3) is 0.929. The van der Waals surface area contributed by atoms with Gasteiger partial charge in [-0.2, -0.15) is 0 Å². The van der Waals surface area contributed by atoms with Crippen LogP contribution in [0.5, 0.6) is 0 Å². The number of carbonyl (C=O) groups is 1. The van der Waals surface area contributed by atoms with Crippen molar-refractivity contribution in [3.63, 3.8) is 0 Å². The van der Waals surface area contributed by atoms with Gasteiger partial charge in [0.2, 0.25) is 5.69 Å². The van der Waals surface area contributed by atoms with Crippen LogP contribution in [-0.4, -0.2) is 40.7 Å². The van der Waals surface area contributed by atoms with E-state index in [-0.39, 0.29) is 18.7 Å². The molecule has 0 heterocycles. The molecule has 130 valence electrons. The largest absolute Gasteiger partial charge is 0.444 e. The zero-order chi connectivity index (χ0) is 17.0. The highest BCUT2D eigenvalue weighted by molar-refractivity contribution is 8.59. The van der Waals surface area contributed by atoms with Crippen molar-refractivity contribution in [2.45, 2.75) is 65.0 Å². The van der Waals surface area contributed by atoms with E-state index >= 15 is 0 Å². The number of thiol groups is 1. The summed E-state index contributed by atoms with van der Waals surface area (Å²) in [6.45, 7) is 8.24. The van der Waals surface area contributed by atoms with Crippen LogP contribution in [0.1, 0.15) is 53.4 Å². The third-order valence-electron chi connectivity index (χ3n) is 3.69. The average molecular weight is 369 g/mol. The lowest BCUT2D eigenvalue weighted by Crippen LogP contribution is -2.48. The molecule has 5 nitrogen and oxygen atoms in total. The van der Waals surface area contributed by atoms with Gasteiger partial charge in [-0.3, -0.25) is 0 Å². The average Bonchev–Trinajstić information content (AvgIpc) is 2.32. The molecule has 0 aromatic rings. The second kappa shape index (κ2) is 8.34. The Morgan fingerprint density at radius 1 is 1.41 bits per heavy atom. The van der Waals surface area contributed by atoms with E-state index in [1.54, 1.807) is 4.90 Å². The van der Waals surface area contributed by atoms with Crippen LogP contribution in [0, 0.1) is 5.92 Å². The molecule has 0 aliphatic heterocycles. The van der Waals surface area contributed by atoms with Crippen molar-refractivity contribution in [1.29, 1.82) is 0 Å². The van der Waals surface area contributed by atoms with Gasteiger partial charge < -0.3 is 19.1 Å². The number of carbonyl (C=O) groups excluding carboxylic acids is 1. The van der Waals surface area contributed by atoms with Gasteiger partial charge in [0.1, 0.15) is 5.60 Å². The smallest absolute Gasteiger partial charge is 0.410 e. The predicted octanol–water partition coefficient (Wildman–Crippen LogP) is 3.97. The predicted molar refractivity (Wildman–Crippen MR) is 95.8 cm³/mol. The maximum absolute atomic E-state index is 12.5. The molecule has 0 radical (unpaired) electrons. The van der Waals surface area contributed by atoms with Crippen molar-refractivity contribution in [3.05, 3.63) is 0 Å². The topological polar surface area (TPSA) is 59.0 Å². The lowest BCUT2D eigenvalue weighted by atomic mass is 9.85. The number of rotatable bonds is 5. The Balaban J connectivity index is 2.75. The molecule has 1 N–H and O–H groups in total. The molecule has 3 atom stereocenters. The first kappa shape index (κ1) is 20.2. The molecule has 1 amide bonds. The molecular weight excluding hydrogens is 341 g/mol. The van der Waals surface area contributed by atoms with Gasteiger partial charge in [-0.15, -0.1) is 0 Å². The van der Waals surface area contributed by atoms with Crippen molar-refractivity contribution >= 4 is 35.8 Å². The summed E-state index contributed by atoms with van der Waals surface area (Å²) in [4.78, 5) is 23.7. The van der Waals surface area contributed by atoms with E-state index in [9.17, 15) is 9.69 Å². The van der Waals surface area contributed by atoms with Gasteiger partial charge in [-0.25, -0.2) is 4.79 Å². The van der Waals surface area contributed by atoms with Gasteiger partial charge in [0.05, 0.1) is 6.61 Å². The normalized spacial score (nSPS) is 25.4. The highest BCUT2D eigenvalue weighted by Gasteiger charge is 2.33. The van der Waals surface area contributed by atoms with Crippen molar-refractivity contribution in [2.75, 3.05) is 13.2 Å². The van der Waals surface area contributed by atoms with Crippen LogP contribution >= 0.6 is 17.9 Å². The zero-order valence-electron chi connectivity index (χ0n) is 13.8. The summed E-state index contributed by atoms with van der Waals surface area (Å²) in [6, 6.07) is 0.142. The van der Waals surface area contributed by atoms with Crippen molar-refractivity contribution in [3.8, 4) is 0 Å². The number of nitrogens with zero attached hydrogens (tertiary/aromatic N) is 1. The van der Waals surface area contributed by atoms with Crippen LogP contribution in [0.15, 0.2) is 0 Å². The lowest BCUT2D eigenvalue weighted by molar-refractivity contribution is 0.00220. The van der Waals surface area contributed by atoms with Crippen LogP contribution in [0.3, 0.4) is 0 Å². The molecule has 1 saturated carbocycles. The minimum atomic E-state index is -3.00. The van der Waals surface area contributed by atoms with Gasteiger partial charge in [0.15, 0.2) is 0 Å². The number of amides is 1. The first-order chi connectivity index (χ1) is 9.99. The van der Waals surface area contributed by atoms with E-state index in [2.05, 4.69) is 19.2 Å². The molecule has 3 unspecified atom stereocenters. The molecule has 1 aliphatic carbocycles. The fourth-order valence-corrected chi connectivity index (χ4v) is 3.52. The van der Waals surface area contributed by atoms with Crippen LogP contribution in [0.2, 0.25) is 0 Å². The third kappa shape index (κ3) is 7.64. The molecule has 0 bridgehead atoms. The fourth-order valence-electron chi connectivity index (χ4n) is 2.73. The summed E-state index contributed by atoms with van der Waals surface area (Å²) in [7, 11) is 0. The molecule has 0 aromatic carbocycles. The Hall–Kier alpha value is 0.190. The quantitative estimate of drug-likeness (QED) is 0.567. The highest BCUT2D eigenvalue weighted by Crippen LogP contribution is 2.47. The summed E-state index contributed by atoms with van der Waals surface area (Å²) < 4.78 is 10.7. The first-order valence-electron chi connectivity index (χ1n) is 7.69. The lowest BCUT2D eigenvalue weighted by Gasteiger charge is -2.39. The van der Waals surface area contributed by atoms with Crippen molar-refractivity contribution in [2.24, 2.45) is 5.92 Å². The SMILES string of the molecule is CC1CCCCC1N(CCOP(O)(=S)S)C(=O)OC(C)(C)C. The van der Waals surface area contributed by atoms with Crippen LogP contribution in [0.25, 0.3) is 0 Å². The maximum Gasteiger partial charge on any atom is 0.410 e. The molecular formula is C14H28NO4PS2. The monoisotopic (exact) mass is 369 g/mol. The zero-order valence-corrected chi connectivity index (χ0v) is 16.4. The number of hydrogen-bond acceptors (Lipinski definition) is 4. The van der Waals surface area contributed by atoms with E-state index in [1.807, 2.05) is 20.8 Å². The van der Waals surface area contributed by atoms with Gasteiger partial charge >= 0.3 is 6.09 Å². The van der Waals surface area contributed by atoms with E-state index in [0.717, 1.165) is 19.3 Å². The summed E-state index contributed by atoms with van der Waals surface area (Å²) in [6.07, 6.45) is 4.05. The second-order valence-electron chi connectivity index (χ2n) is 6.83. The molecule has 0 spiro atoms. The Kier molecular flexibility index (Phi) is 7.67.